The molecule has 0 aliphatic heterocycles. The molecule has 0 saturated carbocycles. The summed E-state index contributed by atoms with van der Waals surface area (Å²) in [5.74, 6) is 0.683. The third kappa shape index (κ3) is 6.00. The number of carbonyl (C=O) groups is 1. The molecule has 4 N–H and O–H groups in total. The molecule has 0 heterocycles. The zero-order chi connectivity index (χ0) is 19.8. The molecule has 2 rings (SSSR count). The van der Waals surface area contributed by atoms with E-state index >= 15 is 0 Å². The molecule has 2 aromatic rings. The van der Waals surface area contributed by atoms with Crippen LogP contribution in [0.2, 0.25) is 0 Å². The van der Waals surface area contributed by atoms with Crippen LogP contribution in [-0.4, -0.2) is 36.4 Å². The fourth-order valence-electron chi connectivity index (χ4n) is 3.13. The van der Waals surface area contributed by atoms with Gasteiger partial charge < -0.3 is 16.2 Å². The van der Waals surface area contributed by atoms with Crippen molar-refractivity contribution in [1.82, 2.24) is 4.90 Å². The summed E-state index contributed by atoms with van der Waals surface area (Å²) in [6, 6.07) is 12.2. The quantitative estimate of drug-likeness (QED) is 0.489. The van der Waals surface area contributed by atoms with E-state index in [1.54, 1.807) is 30.3 Å². The van der Waals surface area contributed by atoms with Gasteiger partial charge in [-0.25, -0.2) is 0 Å². The van der Waals surface area contributed by atoms with Crippen LogP contribution in [0.5, 0.6) is 5.75 Å². The van der Waals surface area contributed by atoms with Crippen molar-refractivity contribution in [1.29, 1.82) is 0 Å². The Morgan fingerprint density at radius 1 is 0.963 bits per heavy atom. The fourth-order valence-corrected chi connectivity index (χ4v) is 3.13. The number of nitrogen functional groups attached to an aromatic ring is 2. The molecule has 0 amide bonds. The van der Waals surface area contributed by atoms with Gasteiger partial charge in [-0.3, -0.25) is 9.69 Å². The SMILES string of the molecule is CCCN(CCC)CC(C)Oc1ccc(C(=O)c2ccc(N)c(N)c2)cc1. The number of ketones is 1. The van der Waals surface area contributed by atoms with Gasteiger partial charge in [0.1, 0.15) is 11.9 Å². The lowest BCUT2D eigenvalue weighted by molar-refractivity contribution is 0.103. The van der Waals surface area contributed by atoms with Crippen LogP contribution in [0.4, 0.5) is 11.4 Å². The van der Waals surface area contributed by atoms with Gasteiger partial charge in [0.15, 0.2) is 5.78 Å². The summed E-state index contributed by atoms with van der Waals surface area (Å²) in [5.41, 5.74) is 13.5. The summed E-state index contributed by atoms with van der Waals surface area (Å²) in [6.07, 6.45) is 2.36. The summed E-state index contributed by atoms with van der Waals surface area (Å²) >= 11 is 0. The Morgan fingerprint density at radius 3 is 2.11 bits per heavy atom. The zero-order valence-electron chi connectivity index (χ0n) is 16.6. The first-order valence-electron chi connectivity index (χ1n) is 9.63. The number of rotatable bonds is 10. The average Bonchev–Trinajstić information content (AvgIpc) is 2.64. The largest absolute Gasteiger partial charge is 0.489 e. The summed E-state index contributed by atoms with van der Waals surface area (Å²) in [7, 11) is 0. The highest BCUT2D eigenvalue weighted by atomic mass is 16.5. The van der Waals surface area contributed by atoms with E-state index in [0.717, 1.165) is 38.2 Å². The van der Waals surface area contributed by atoms with Crippen molar-refractivity contribution in [3.63, 3.8) is 0 Å². The molecule has 1 atom stereocenters. The summed E-state index contributed by atoms with van der Waals surface area (Å²) < 4.78 is 6.02. The Balaban J connectivity index is 1.99. The van der Waals surface area contributed by atoms with Crippen LogP contribution in [0.3, 0.4) is 0 Å². The van der Waals surface area contributed by atoms with Gasteiger partial charge in [-0.2, -0.15) is 0 Å². The van der Waals surface area contributed by atoms with Crippen LogP contribution in [0.25, 0.3) is 0 Å². The minimum Gasteiger partial charge on any atom is -0.489 e. The van der Waals surface area contributed by atoms with Crippen molar-refractivity contribution >= 4 is 17.2 Å². The van der Waals surface area contributed by atoms with Gasteiger partial charge in [0.25, 0.3) is 0 Å². The number of nitrogens with zero attached hydrogens (tertiary/aromatic N) is 1. The summed E-state index contributed by atoms with van der Waals surface area (Å²) in [5, 5.41) is 0. The van der Waals surface area contributed by atoms with Gasteiger partial charge in [-0.05, 0) is 75.3 Å². The smallest absolute Gasteiger partial charge is 0.193 e. The number of hydrogen-bond acceptors (Lipinski definition) is 5. The highest BCUT2D eigenvalue weighted by Crippen LogP contribution is 2.21. The van der Waals surface area contributed by atoms with E-state index in [4.69, 9.17) is 16.2 Å². The molecular weight excluding hydrogens is 338 g/mol. The van der Waals surface area contributed by atoms with E-state index in [1.807, 2.05) is 12.1 Å². The molecule has 146 valence electrons. The van der Waals surface area contributed by atoms with Gasteiger partial charge >= 0.3 is 0 Å². The minimum atomic E-state index is -0.0848. The second-order valence-corrected chi connectivity index (χ2v) is 6.93. The van der Waals surface area contributed by atoms with Crippen molar-refractivity contribution in [2.45, 2.75) is 39.7 Å². The Hall–Kier alpha value is -2.53. The van der Waals surface area contributed by atoms with Crippen LogP contribution >= 0.6 is 0 Å². The lowest BCUT2D eigenvalue weighted by Gasteiger charge is -2.25. The van der Waals surface area contributed by atoms with Gasteiger partial charge in [-0.15, -0.1) is 0 Å². The van der Waals surface area contributed by atoms with Crippen LogP contribution in [0.15, 0.2) is 42.5 Å². The number of benzene rings is 2. The van der Waals surface area contributed by atoms with Crippen molar-refractivity contribution < 1.29 is 9.53 Å². The lowest BCUT2D eigenvalue weighted by Crippen LogP contribution is -2.35. The normalized spacial score (nSPS) is 12.1. The summed E-state index contributed by atoms with van der Waals surface area (Å²) in [6.45, 7) is 9.53. The number of hydrogen-bond donors (Lipinski definition) is 2. The molecule has 5 heteroatoms. The minimum absolute atomic E-state index is 0.0848. The molecule has 1 unspecified atom stereocenters. The number of nitrogens with two attached hydrogens (primary N) is 2. The van der Waals surface area contributed by atoms with Crippen LogP contribution in [0, 0.1) is 0 Å². The molecule has 5 nitrogen and oxygen atoms in total. The predicted molar refractivity (Wildman–Crippen MR) is 112 cm³/mol. The van der Waals surface area contributed by atoms with Crippen molar-refractivity contribution in [2.75, 3.05) is 31.1 Å². The molecule has 0 radical (unpaired) electrons. The highest BCUT2D eigenvalue weighted by molar-refractivity contribution is 6.09. The Kier molecular flexibility index (Phi) is 7.67. The summed E-state index contributed by atoms with van der Waals surface area (Å²) in [4.78, 5) is 15.0. The maximum atomic E-state index is 12.6. The standard InChI is InChI=1S/C22H31N3O2/c1-4-12-25(13-5-2)15-16(3)27-19-9-6-17(7-10-19)22(26)18-8-11-20(23)21(24)14-18/h6-11,14,16H,4-5,12-13,15,23-24H2,1-3H3. The first kappa shape index (κ1) is 20.8. The highest BCUT2D eigenvalue weighted by Gasteiger charge is 2.13. The molecule has 2 aromatic carbocycles. The van der Waals surface area contributed by atoms with E-state index < -0.39 is 0 Å². The zero-order valence-corrected chi connectivity index (χ0v) is 16.6. The van der Waals surface area contributed by atoms with Gasteiger partial charge in [0, 0.05) is 17.7 Å². The molecule has 0 aliphatic carbocycles. The van der Waals surface area contributed by atoms with Gasteiger partial charge in [0.2, 0.25) is 0 Å². The molecule has 0 saturated heterocycles. The molecule has 0 aliphatic rings. The van der Waals surface area contributed by atoms with Crippen LogP contribution in [0.1, 0.15) is 49.5 Å². The first-order chi connectivity index (χ1) is 12.9. The molecular formula is C22H31N3O2. The average molecular weight is 370 g/mol. The van der Waals surface area contributed by atoms with Crippen molar-refractivity contribution in [2.24, 2.45) is 0 Å². The van der Waals surface area contributed by atoms with Crippen LogP contribution < -0.4 is 16.2 Å². The number of ether oxygens (including phenoxy) is 1. The molecule has 0 bridgehead atoms. The Labute approximate surface area is 162 Å². The number of anilines is 2. The Morgan fingerprint density at radius 2 is 1.56 bits per heavy atom. The first-order valence-corrected chi connectivity index (χ1v) is 9.63. The third-order valence-corrected chi connectivity index (χ3v) is 4.40. The maximum Gasteiger partial charge on any atom is 0.193 e. The van der Waals surface area contributed by atoms with E-state index in [9.17, 15) is 4.79 Å². The molecule has 0 aromatic heterocycles. The van der Waals surface area contributed by atoms with E-state index in [0.29, 0.717) is 22.5 Å². The second kappa shape index (κ2) is 9.97. The topological polar surface area (TPSA) is 81.6 Å². The Bertz CT molecular complexity index is 738. The predicted octanol–water partition coefficient (Wildman–Crippen LogP) is 3.97. The van der Waals surface area contributed by atoms with Gasteiger partial charge in [0.05, 0.1) is 11.4 Å². The lowest BCUT2D eigenvalue weighted by atomic mass is 10.0. The fraction of sp³-hybridized carbons (Fsp3) is 0.409. The van der Waals surface area contributed by atoms with Crippen LogP contribution in [-0.2, 0) is 0 Å². The van der Waals surface area contributed by atoms with E-state index in [1.165, 1.54) is 0 Å². The second-order valence-electron chi connectivity index (χ2n) is 6.93. The van der Waals surface area contributed by atoms with E-state index in [-0.39, 0.29) is 11.9 Å². The maximum absolute atomic E-state index is 12.6. The molecule has 0 spiro atoms. The number of carbonyl (C=O) groups excluding carboxylic acids is 1. The molecule has 0 fully saturated rings. The van der Waals surface area contributed by atoms with Crippen molar-refractivity contribution in [3.8, 4) is 5.75 Å². The van der Waals surface area contributed by atoms with Crippen molar-refractivity contribution in [3.05, 3.63) is 53.6 Å². The third-order valence-electron chi connectivity index (χ3n) is 4.40. The monoisotopic (exact) mass is 369 g/mol. The van der Waals surface area contributed by atoms with E-state index in [2.05, 4.69) is 25.7 Å². The molecule has 27 heavy (non-hydrogen) atoms. The van der Waals surface area contributed by atoms with Gasteiger partial charge in [-0.1, -0.05) is 13.8 Å².